The molecule has 3 aromatic rings. The lowest BCUT2D eigenvalue weighted by Crippen LogP contribution is -2.47. The van der Waals surface area contributed by atoms with Crippen LogP contribution in [0.3, 0.4) is 0 Å². The number of aryl methyl sites for hydroxylation is 1. The van der Waals surface area contributed by atoms with E-state index in [9.17, 15) is 0 Å². The molecule has 0 spiro atoms. The second-order valence-corrected chi connectivity index (χ2v) is 7.22. The highest BCUT2D eigenvalue weighted by molar-refractivity contribution is 5.87. The fraction of sp³-hybridized carbons (Fsp3) is 0.381. The number of aromatic nitrogens is 3. The molecule has 1 aliphatic rings. The number of nitrogens with zero attached hydrogens (tertiary/aromatic N) is 5. The first-order chi connectivity index (χ1) is 12.6. The summed E-state index contributed by atoms with van der Waals surface area (Å²) < 4.78 is 0. The van der Waals surface area contributed by atoms with Gasteiger partial charge >= 0.3 is 0 Å². The monoisotopic (exact) mass is 347 g/mol. The van der Waals surface area contributed by atoms with Gasteiger partial charge in [-0.3, -0.25) is 0 Å². The summed E-state index contributed by atoms with van der Waals surface area (Å²) in [7, 11) is 0. The maximum atomic E-state index is 5.05. The van der Waals surface area contributed by atoms with Crippen molar-refractivity contribution in [1.29, 1.82) is 0 Å². The summed E-state index contributed by atoms with van der Waals surface area (Å²) >= 11 is 0. The van der Waals surface area contributed by atoms with E-state index in [4.69, 9.17) is 4.98 Å². The van der Waals surface area contributed by atoms with Crippen molar-refractivity contribution in [1.82, 2.24) is 15.0 Å². The van der Waals surface area contributed by atoms with Gasteiger partial charge in [-0.1, -0.05) is 32.0 Å². The van der Waals surface area contributed by atoms with Crippen LogP contribution in [0.2, 0.25) is 0 Å². The van der Waals surface area contributed by atoms with Crippen LogP contribution in [0.15, 0.2) is 42.7 Å². The minimum atomic E-state index is 0.466. The zero-order valence-corrected chi connectivity index (χ0v) is 15.7. The predicted molar refractivity (Wildman–Crippen MR) is 107 cm³/mol. The van der Waals surface area contributed by atoms with E-state index in [1.807, 2.05) is 6.07 Å². The number of benzene rings is 1. The van der Waals surface area contributed by atoms with Crippen molar-refractivity contribution < 1.29 is 0 Å². The smallest absolute Gasteiger partial charge is 0.225 e. The summed E-state index contributed by atoms with van der Waals surface area (Å²) in [6.07, 6.45) is 3.60. The van der Waals surface area contributed by atoms with Gasteiger partial charge in [-0.25, -0.2) is 15.0 Å². The van der Waals surface area contributed by atoms with E-state index in [1.54, 1.807) is 12.4 Å². The Morgan fingerprint density at radius 3 is 2.31 bits per heavy atom. The molecular formula is C21H25N5. The number of hydrogen-bond donors (Lipinski definition) is 0. The highest BCUT2D eigenvalue weighted by Gasteiger charge is 2.21. The van der Waals surface area contributed by atoms with Gasteiger partial charge in [-0.05, 0) is 36.1 Å². The fourth-order valence-electron chi connectivity index (χ4n) is 3.64. The van der Waals surface area contributed by atoms with Crippen LogP contribution >= 0.6 is 0 Å². The molecule has 3 heterocycles. The first-order valence-electron chi connectivity index (χ1n) is 9.30. The first kappa shape index (κ1) is 16.8. The molecule has 1 aromatic carbocycles. The van der Waals surface area contributed by atoms with Crippen LogP contribution in [0.1, 0.15) is 30.9 Å². The molecule has 4 rings (SSSR count). The van der Waals surface area contributed by atoms with Crippen molar-refractivity contribution in [3.8, 4) is 0 Å². The molecule has 1 aliphatic heterocycles. The van der Waals surface area contributed by atoms with Crippen LogP contribution < -0.4 is 9.80 Å². The molecule has 26 heavy (non-hydrogen) atoms. The Bertz CT molecular complexity index is 899. The fourth-order valence-corrected chi connectivity index (χ4v) is 3.64. The van der Waals surface area contributed by atoms with E-state index >= 15 is 0 Å². The third-order valence-corrected chi connectivity index (χ3v) is 5.12. The topological polar surface area (TPSA) is 45.2 Å². The second kappa shape index (κ2) is 6.90. The molecule has 0 radical (unpaired) electrons. The van der Waals surface area contributed by atoms with Gasteiger partial charge in [0.1, 0.15) is 5.82 Å². The van der Waals surface area contributed by atoms with Crippen molar-refractivity contribution in [2.75, 3.05) is 36.0 Å². The van der Waals surface area contributed by atoms with Crippen LogP contribution in [0.4, 0.5) is 11.8 Å². The Morgan fingerprint density at radius 1 is 0.923 bits per heavy atom. The average molecular weight is 347 g/mol. The number of rotatable bonds is 3. The molecule has 0 N–H and O–H groups in total. The molecule has 134 valence electrons. The third kappa shape index (κ3) is 3.09. The zero-order chi connectivity index (χ0) is 18.1. The van der Waals surface area contributed by atoms with Gasteiger partial charge in [-0.15, -0.1) is 0 Å². The summed E-state index contributed by atoms with van der Waals surface area (Å²) in [5.41, 5.74) is 3.76. The Labute approximate surface area is 154 Å². The summed E-state index contributed by atoms with van der Waals surface area (Å²) in [6.45, 7) is 10.3. The summed E-state index contributed by atoms with van der Waals surface area (Å²) in [5, 5.41) is 1.26. The molecule has 0 bridgehead atoms. The van der Waals surface area contributed by atoms with Gasteiger partial charge in [0, 0.05) is 44.0 Å². The molecule has 0 atom stereocenters. The van der Waals surface area contributed by atoms with Gasteiger partial charge < -0.3 is 9.80 Å². The minimum absolute atomic E-state index is 0.466. The molecule has 1 saturated heterocycles. The normalized spacial score (nSPS) is 15.1. The highest BCUT2D eigenvalue weighted by Crippen LogP contribution is 2.29. The number of pyridine rings is 1. The van der Waals surface area contributed by atoms with Crippen LogP contribution in [0, 0.1) is 6.92 Å². The molecule has 0 unspecified atom stereocenters. The standard InChI is InChI=1S/C21H25N5/c1-15(2)17-6-4-7-18-16(3)14-19(24-20(17)18)25-10-12-26(13-11-25)21-22-8-5-9-23-21/h4-9,14-15H,10-13H2,1-3H3. The van der Waals surface area contributed by atoms with Gasteiger partial charge in [0.15, 0.2) is 0 Å². The van der Waals surface area contributed by atoms with Crippen molar-refractivity contribution in [2.45, 2.75) is 26.7 Å². The van der Waals surface area contributed by atoms with E-state index in [0.717, 1.165) is 43.5 Å². The van der Waals surface area contributed by atoms with Crippen molar-refractivity contribution in [3.63, 3.8) is 0 Å². The largest absolute Gasteiger partial charge is 0.353 e. The van der Waals surface area contributed by atoms with Crippen LogP contribution in [-0.2, 0) is 0 Å². The number of para-hydroxylation sites is 1. The maximum Gasteiger partial charge on any atom is 0.225 e. The average Bonchev–Trinajstić information content (AvgIpc) is 2.68. The van der Waals surface area contributed by atoms with E-state index < -0.39 is 0 Å². The van der Waals surface area contributed by atoms with E-state index in [-0.39, 0.29) is 0 Å². The molecule has 1 fully saturated rings. The van der Waals surface area contributed by atoms with Gasteiger partial charge in [-0.2, -0.15) is 0 Å². The number of hydrogen-bond acceptors (Lipinski definition) is 5. The number of anilines is 2. The predicted octanol–water partition coefficient (Wildman–Crippen LogP) is 3.78. The molecule has 5 heteroatoms. The van der Waals surface area contributed by atoms with Crippen molar-refractivity contribution in [3.05, 3.63) is 53.9 Å². The maximum absolute atomic E-state index is 5.05. The summed E-state index contributed by atoms with van der Waals surface area (Å²) in [4.78, 5) is 18.4. The Kier molecular flexibility index (Phi) is 4.45. The quantitative estimate of drug-likeness (QED) is 0.721. The molecular weight excluding hydrogens is 322 g/mol. The lowest BCUT2D eigenvalue weighted by molar-refractivity contribution is 0.635. The number of piperazine rings is 1. The van der Waals surface area contributed by atoms with Gasteiger partial charge in [0.2, 0.25) is 5.95 Å². The second-order valence-electron chi connectivity index (χ2n) is 7.22. The highest BCUT2D eigenvalue weighted by atomic mass is 15.3. The lowest BCUT2D eigenvalue weighted by atomic mass is 9.98. The molecule has 0 amide bonds. The molecule has 2 aromatic heterocycles. The first-order valence-corrected chi connectivity index (χ1v) is 9.30. The molecule has 0 saturated carbocycles. The SMILES string of the molecule is Cc1cc(N2CCN(c3ncccn3)CC2)nc2c(C(C)C)cccc12. The summed E-state index contributed by atoms with van der Waals surface area (Å²) in [5.74, 6) is 2.36. The van der Waals surface area contributed by atoms with E-state index in [0.29, 0.717) is 5.92 Å². The van der Waals surface area contributed by atoms with Crippen molar-refractivity contribution in [2.24, 2.45) is 0 Å². The van der Waals surface area contributed by atoms with Crippen LogP contribution in [0.25, 0.3) is 10.9 Å². The van der Waals surface area contributed by atoms with E-state index in [1.165, 1.54) is 16.5 Å². The van der Waals surface area contributed by atoms with Crippen LogP contribution in [-0.4, -0.2) is 41.1 Å². The van der Waals surface area contributed by atoms with Gasteiger partial charge in [0.05, 0.1) is 5.52 Å². The van der Waals surface area contributed by atoms with E-state index in [2.05, 4.69) is 64.8 Å². The zero-order valence-electron chi connectivity index (χ0n) is 15.7. The van der Waals surface area contributed by atoms with Crippen LogP contribution in [0.5, 0.6) is 0 Å². The van der Waals surface area contributed by atoms with Crippen molar-refractivity contribution >= 4 is 22.7 Å². The third-order valence-electron chi connectivity index (χ3n) is 5.12. The Hall–Kier alpha value is -2.69. The Balaban J connectivity index is 1.61. The lowest BCUT2D eigenvalue weighted by Gasteiger charge is -2.35. The Morgan fingerprint density at radius 2 is 1.62 bits per heavy atom. The van der Waals surface area contributed by atoms with Gasteiger partial charge in [0.25, 0.3) is 0 Å². The summed E-state index contributed by atoms with van der Waals surface area (Å²) in [6, 6.07) is 10.6. The number of fused-ring (bicyclic) bond motifs is 1. The minimum Gasteiger partial charge on any atom is -0.353 e. The molecule has 0 aliphatic carbocycles. The molecule has 5 nitrogen and oxygen atoms in total.